The molecule has 0 N–H and O–H groups in total. The molecule has 98 valence electrons. The van der Waals surface area contributed by atoms with Crippen LogP contribution in [0.2, 0.25) is 0 Å². The summed E-state index contributed by atoms with van der Waals surface area (Å²) in [7, 11) is 1.41. The van der Waals surface area contributed by atoms with E-state index in [0.717, 1.165) is 19.0 Å². The van der Waals surface area contributed by atoms with Crippen molar-refractivity contribution in [2.24, 2.45) is 11.3 Å². The number of methoxy groups -OCH3 is 1. The molecule has 3 heteroatoms. The van der Waals surface area contributed by atoms with Gasteiger partial charge in [-0.25, -0.2) is 4.79 Å². The fourth-order valence-corrected chi connectivity index (χ4v) is 2.37. The molecule has 0 saturated carbocycles. The van der Waals surface area contributed by atoms with E-state index in [0.29, 0.717) is 5.41 Å². The number of hydrogen-bond donors (Lipinski definition) is 0. The number of carbonyl (C=O) groups is 1. The zero-order valence-corrected chi connectivity index (χ0v) is 11.5. The molecule has 1 fully saturated rings. The predicted octanol–water partition coefficient (Wildman–Crippen LogP) is 2.82. The van der Waals surface area contributed by atoms with Gasteiger partial charge in [0.05, 0.1) is 7.11 Å². The van der Waals surface area contributed by atoms with Crippen molar-refractivity contribution < 1.29 is 9.53 Å². The zero-order chi connectivity index (χ0) is 12.9. The molecule has 1 saturated heterocycles. The lowest BCUT2D eigenvalue weighted by Gasteiger charge is -2.29. The summed E-state index contributed by atoms with van der Waals surface area (Å²) in [4.78, 5) is 13.3. The van der Waals surface area contributed by atoms with Gasteiger partial charge in [0.15, 0.2) is 0 Å². The maximum absolute atomic E-state index is 11.0. The van der Waals surface area contributed by atoms with Crippen LogP contribution in [0.25, 0.3) is 0 Å². The molecule has 1 aliphatic heterocycles. The third-order valence-electron chi connectivity index (χ3n) is 3.61. The van der Waals surface area contributed by atoms with Crippen molar-refractivity contribution in [3.05, 3.63) is 12.3 Å². The Morgan fingerprint density at radius 1 is 1.29 bits per heavy atom. The third-order valence-corrected chi connectivity index (χ3v) is 3.61. The molecule has 1 atom stereocenters. The van der Waals surface area contributed by atoms with Crippen LogP contribution < -0.4 is 0 Å². The van der Waals surface area contributed by atoms with Gasteiger partial charge < -0.3 is 9.64 Å². The molecule has 1 heterocycles. The SMILES string of the molecule is COC(=O)C=CN1CCCC(C(C)(C)C)CC1. The van der Waals surface area contributed by atoms with Crippen molar-refractivity contribution >= 4 is 5.97 Å². The molecule has 0 amide bonds. The second-order valence-corrected chi connectivity index (χ2v) is 5.87. The molecule has 1 aliphatic rings. The smallest absolute Gasteiger partial charge is 0.331 e. The first-order chi connectivity index (χ1) is 7.93. The molecule has 0 aromatic carbocycles. The number of carbonyl (C=O) groups excluding carboxylic acids is 1. The summed E-state index contributed by atoms with van der Waals surface area (Å²) < 4.78 is 4.60. The van der Waals surface area contributed by atoms with Crippen LogP contribution in [-0.2, 0) is 9.53 Å². The average Bonchev–Trinajstić information content (AvgIpc) is 2.50. The van der Waals surface area contributed by atoms with Crippen LogP contribution in [0.5, 0.6) is 0 Å². The molecule has 0 radical (unpaired) electrons. The van der Waals surface area contributed by atoms with E-state index in [1.165, 1.54) is 32.4 Å². The molecule has 0 aromatic heterocycles. The summed E-state index contributed by atoms with van der Waals surface area (Å²) in [5.74, 6) is 0.501. The van der Waals surface area contributed by atoms with Crippen LogP contribution in [0.3, 0.4) is 0 Å². The highest BCUT2D eigenvalue weighted by molar-refractivity contribution is 5.81. The normalized spacial score (nSPS) is 22.6. The van der Waals surface area contributed by atoms with Gasteiger partial charge >= 0.3 is 5.97 Å². The van der Waals surface area contributed by atoms with Crippen molar-refractivity contribution in [3.8, 4) is 0 Å². The molecule has 3 nitrogen and oxygen atoms in total. The zero-order valence-electron chi connectivity index (χ0n) is 11.5. The second-order valence-electron chi connectivity index (χ2n) is 5.87. The summed E-state index contributed by atoms with van der Waals surface area (Å²) in [6.45, 7) is 9.03. The van der Waals surface area contributed by atoms with Crippen LogP contribution in [0.1, 0.15) is 40.0 Å². The summed E-state index contributed by atoms with van der Waals surface area (Å²) in [6.07, 6.45) is 7.07. The first kappa shape index (κ1) is 14.1. The number of nitrogens with zero attached hydrogens (tertiary/aromatic N) is 1. The Morgan fingerprint density at radius 3 is 2.59 bits per heavy atom. The lowest BCUT2D eigenvalue weighted by Crippen LogP contribution is -2.23. The average molecular weight is 239 g/mol. The Balaban J connectivity index is 2.48. The van der Waals surface area contributed by atoms with E-state index in [1.807, 2.05) is 6.20 Å². The van der Waals surface area contributed by atoms with Gasteiger partial charge in [-0.15, -0.1) is 0 Å². The van der Waals surface area contributed by atoms with Gasteiger partial charge in [-0.1, -0.05) is 20.8 Å². The fraction of sp³-hybridized carbons (Fsp3) is 0.786. The van der Waals surface area contributed by atoms with Gasteiger partial charge in [0, 0.05) is 25.4 Å². The molecular formula is C14H25NO2. The standard InChI is InChI=1S/C14H25NO2/c1-14(2,3)12-6-5-9-15(10-7-12)11-8-13(16)17-4/h8,11-12H,5-7,9-10H2,1-4H3. The summed E-state index contributed by atoms with van der Waals surface area (Å²) in [5.41, 5.74) is 0.391. The Labute approximate surface area is 105 Å². The molecule has 0 bridgehead atoms. The molecule has 1 unspecified atom stereocenters. The number of likely N-dealkylation sites (tertiary alicyclic amines) is 1. The summed E-state index contributed by atoms with van der Waals surface area (Å²) >= 11 is 0. The Bertz CT molecular complexity index is 278. The molecule has 0 aliphatic carbocycles. The van der Waals surface area contributed by atoms with Gasteiger partial charge in [0.2, 0.25) is 0 Å². The molecule has 0 spiro atoms. The minimum atomic E-state index is -0.276. The monoisotopic (exact) mass is 239 g/mol. The van der Waals surface area contributed by atoms with E-state index >= 15 is 0 Å². The van der Waals surface area contributed by atoms with Crippen molar-refractivity contribution in [3.63, 3.8) is 0 Å². The van der Waals surface area contributed by atoms with Crippen LogP contribution in [0.4, 0.5) is 0 Å². The van der Waals surface area contributed by atoms with Crippen molar-refractivity contribution in [2.75, 3.05) is 20.2 Å². The van der Waals surface area contributed by atoms with Crippen LogP contribution in [-0.4, -0.2) is 31.1 Å². The van der Waals surface area contributed by atoms with E-state index in [1.54, 1.807) is 0 Å². The van der Waals surface area contributed by atoms with E-state index in [4.69, 9.17) is 0 Å². The summed E-state index contributed by atoms with van der Waals surface area (Å²) in [5, 5.41) is 0. The highest BCUT2D eigenvalue weighted by Gasteiger charge is 2.26. The number of esters is 1. The molecule has 17 heavy (non-hydrogen) atoms. The van der Waals surface area contributed by atoms with Crippen LogP contribution in [0, 0.1) is 11.3 Å². The maximum Gasteiger partial charge on any atom is 0.331 e. The first-order valence-corrected chi connectivity index (χ1v) is 6.43. The highest BCUT2D eigenvalue weighted by atomic mass is 16.5. The Hall–Kier alpha value is -0.990. The van der Waals surface area contributed by atoms with Gasteiger partial charge in [-0.3, -0.25) is 0 Å². The summed E-state index contributed by atoms with van der Waals surface area (Å²) in [6, 6.07) is 0. The lowest BCUT2D eigenvalue weighted by molar-refractivity contribution is -0.134. The number of hydrogen-bond acceptors (Lipinski definition) is 3. The predicted molar refractivity (Wildman–Crippen MR) is 69.5 cm³/mol. The van der Waals surface area contributed by atoms with Gasteiger partial charge in [-0.05, 0) is 30.6 Å². The Morgan fingerprint density at radius 2 is 2.00 bits per heavy atom. The molecule has 1 rings (SSSR count). The minimum Gasteiger partial charge on any atom is -0.466 e. The van der Waals surface area contributed by atoms with Crippen molar-refractivity contribution in [2.45, 2.75) is 40.0 Å². The van der Waals surface area contributed by atoms with Crippen LogP contribution >= 0.6 is 0 Å². The van der Waals surface area contributed by atoms with E-state index < -0.39 is 0 Å². The maximum atomic E-state index is 11.0. The second kappa shape index (κ2) is 6.08. The van der Waals surface area contributed by atoms with Gasteiger partial charge in [0.1, 0.15) is 0 Å². The third kappa shape index (κ3) is 4.80. The topological polar surface area (TPSA) is 29.5 Å². The van der Waals surface area contributed by atoms with Crippen molar-refractivity contribution in [1.29, 1.82) is 0 Å². The van der Waals surface area contributed by atoms with Crippen LogP contribution in [0.15, 0.2) is 12.3 Å². The van der Waals surface area contributed by atoms with E-state index in [-0.39, 0.29) is 5.97 Å². The van der Waals surface area contributed by atoms with E-state index in [9.17, 15) is 4.79 Å². The number of ether oxygens (including phenoxy) is 1. The number of rotatable bonds is 2. The van der Waals surface area contributed by atoms with Gasteiger partial charge in [-0.2, -0.15) is 0 Å². The quantitative estimate of drug-likeness (QED) is 0.548. The Kier molecular flexibility index (Phi) is 5.03. The van der Waals surface area contributed by atoms with Crippen molar-refractivity contribution in [1.82, 2.24) is 4.90 Å². The lowest BCUT2D eigenvalue weighted by atomic mass is 9.77. The van der Waals surface area contributed by atoms with E-state index in [2.05, 4.69) is 30.4 Å². The highest BCUT2D eigenvalue weighted by Crippen LogP contribution is 2.34. The van der Waals surface area contributed by atoms with Gasteiger partial charge in [0.25, 0.3) is 0 Å². The molecular weight excluding hydrogens is 214 g/mol. The largest absolute Gasteiger partial charge is 0.466 e. The molecule has 0 aromatic rings. The fourth-order valence-electron chi connectivity index (χ4n) is 2.37. The first-order valence-electron chi connectivity index (χ1n) is 6.43. The minimum absolute atomic E-state index is 0.276.